The Morgan fingerprint density at radius 2 is 1.90 bits per heavy atom. The van der Waals surface area contributed by atoms with Crippen LogP contribution < -0.4 is 11.2 Å². The van der Waals surface area contributed by atoms with E-state index in [0.29, 0.717) is 27.9 Å². The lowest BCUT2D eigenvalue weighted by Crippen LogP contribution is -2.28. The third-order valence-electron chi connectivity index (χ3n) is 3.74. The monoisotopic (exact) mass is 289 g/mol. The number of benzene rings is 1. The number of aromatic hydroxyl groups is 1. The lowest BCUT2D eigenvalue weighted by Gasteiger charge is -2.24. The number of rotatable bonds is 3. The van der Waals surface area contributed by atoms with Gasteiger partial charge in [0, 0.05) is 23.0 Å². The van der Waals surface area contributed by atoms with Crippen LogP contribution >= 0.6 is 0 Å². The van der Waals surface area contributed by atoms with Gasteiger partial charge in [0.25, 0.3) is 0 Å². The largest absolute Gasteiger partial charge is 0.508 e. The minimum atomic E-state index is -0.693. The second-order valence-electron chi connectivity index (χ2n) is 6.00. The molecular formula is C16H19NO4. The summed E-state index contributed by atoms with van der Waals surface area (Å²) in [4.78, 5) is 23.7. The number of phenolic OH excluding ortho intramolecular Hbond substituents is 1. The van der Waals surface area contributed by atoms with Crippen LogP contribution in [-0.2, 0) is 10.2 Å². The molecule has 0 aliphatic carbocycles. The van der Waals surface area contributed by atoms with Gasteiger partial charge in [-0.1, -0.05) is 13.8 Å². The summed E-state index contributed by atoms with van der Waals surface area (Å²) in [5, 5.41) is 10.2. The third kappa shape index (κ3) is 2.51. The van der Waals surface area contributed by atoms with Gasteiger partial charge in [-0.05, 0) is 26.0 Å². The average molecular weight is 289 g/mol. The Labute approximate surface area is 122 Å². The zero-order valence-corrected chi connectivity index (χ0v) is 12.6. The first-order valence-electron chi connectivity index (χ1n) is 6.70. The van der Waals surface area contributed by atoms with Crippen molar-refractivity contribution in [1.29, 1.82) is 0 Å². The van der Waals surface area contributed by atoms with Crippen LogP contribution in [0.4, 0.5) is 0 Å². The summed E-state index contributed by atoms with van der Waals surface area (Å²) in [6, 6.07) is 3.02. The van der Waals surface area contributed by atoms with Gasteiger partial charge in [-0.15, -0.1) is 0 Å². The van der Waals surface area contributed by atoms with Gasteiger partial charge < -0.3 is 15.3 Å². The summed E-state index contributed by atoms with van der Waals surface area (Å²) >= 11 is 0. The molecule has 5 heteroatoms. The number of nitrogens with two attached hydrogens (primary N) is 1. The molecule has 0 fully saturated rings. The number of primary amides is 1. The highest BCUT2D eigenvalue weighted by Gasteiger charge is 2.30. The second-order valence-corrected chi connectivity index (χ2v) is 6.00. The molecule has 1 heterocycles. The highest BCUT2D eigenvalue weighted by molar-refractivity contribution is 5.83. The van der Waals surface area contributed by atoms with E-state index in [1.807, 2.05) is 0 Å². The molecule has 0 aliphatic rings. The van der Waals surface area contributed by atoms with E-state index in [1.54, 1.807) is 33.8 Å². The van der Waals surface area contributed by atoms with Crippen LogP contribution in [0, 0.1) is 13.8 Å². The Morgan fingerprint density at radius 3 is 2.48 bits per heavy atom. The first kappa shape index (κ1) is 15.1. The summed E-state index contributed by atoms with van der Waals surface area (Å²) < 4.78 is 5.88. The molecule has 112 valence electrons. The SMILES string of the molecule is Cc1c(C(C)(C)CC(N)=O)oc2c(C)c(O)ccc2c1=O. The van der Waals surface area contributed by atoms with Gasteiger partial charge in [0.1, 0.15) is 17.1 Å². The Kier molecular flexibility index (Phi) is 3.53. The number of carbonyl (C=O) groups excluding carboxylic acids is 1. The molecule has 0 spiro atoms. The fourth-order valence-corrected chi connectivity index (χ4v) is 2.64. The van der Waals surface area contributed by atoms with E-state index in [9.17, 15) is 14.7 Å². The predicted molar refractivity (Wildman–Crippen MR) is 80.5 cm³/mol. The number of amides is 1. The molecule has 2 aromatic rings. The van der Waals surface area contributed by atoms with Crippen molar-refractivity contribution in [1.82, 2.24) is 0 Å². The van der Waals surface area contributed by atoms with Crippen molar-refractivity contribution in [3.05, 3.63) is 39.2 Å². The van der Waals surface area contributed by atoms with E-state index < -0.39 is 11.3 Å². The lowest BCUT2D eigenvalue weighted by atomic mass is 9.83. The van der Waals surface area contributed by atoms with Gasteiger partial charge in [0.2, 0.25) is 5.91 Å². The van der Waals surface area contributed by atoms with Crippen molar-refractivity contribution in [3.63, 3.8) is 0 Å². The van der Waals surface area contributed by atoms with Gasteiger partial charge in [-0.25, -0.2) is 0 Å². The fraction of sp³-hybridized carbons (Fsp3) is 0.375. The second kappa shape index (κ2) is 4.91. The Hall–Kier alpha value is -2.30. The summed E-state index contributed by atoms with van der Waals surface area (Å²) in [5.74, 6) is 0.0236. The predicted octanol–water partition coefficient (Wildman–Crippen LogP) is 2.27. The maximum absolute atomic E-state index is 12.5. The van der Waals surface area contributed by atoms with Crippen LogP contribution in [0.3, 0.4) is 0 Å². The third-order valence-corrected chi connectivity index (χ3v) is 3.74. The molecule has 0 bridgehead atoms. The molecule has 21 heavy (non-hydrogen) atoms. The molecule has 1 aromatic heterocycles. The van der Waals surface area contributed by atoms with Gasteiger partial charge in [-0.3, -0.25) is 9.59 Å². The van der Waals surface area contributed by atoms with Crippen LogP contribution in [0.2, 0.25) is 0 Å². The van der Waals surface area contributed by atoms with Crippen LogP contribution in [0.1, 0.15) is 37.2 Å². The van der Waals surface area contributed by atoms with E-state index in [1.165, 1.54) is 6.07 Å². The standard InChI is InChI=1S/C16H19NO4/c1-8-11(18)6-5-10-13(20)9(2)15(21-14(8)10)16(3,4)7-12(17)19/h5-6,18H,7H2,1-4H3,(H2,17,19). The van der Waals surface area contributed by atoms with E-state index in [4.69, 9.17) is 10.2 Å². The summed E-state index contributed by atoms with van der Waals surface area (Å²) in [6.07, 6.45) is 0.0696. The average Bonchev–Trinajstić information content (AvgIpc) is 2.36. The molecule has 2 rings (SSSR count). The zero-order valence-electron chi connectivity index (χ0n) is 12.6. The van der Waals surface area contributed by atoms with Crippen molar-refractivity contribution >= 4 is 16.9 Å². The van der Waals surface area contributed by atoms with E-state index in [2.05, 4.69) is 0 Å². The summed E-state index contributed by atoms with van der Waals surface area (Å²) in [7, 11) is 0. The fourth-order valence-electron chi connectivity index (χ4n) is 2.64. The van der Waals surface area contributed by atoms with E-state index in [0.717, 1.165) is 0 Å². The van der Waals surface area contributed by atoms with Crippen molar-refractivity contribution in [2.24, 2.45) is 5.73 Å². The normalized spacial score (nSPS) is 11.8. The number of fused-ring (bicyclic) bond motifs is 1. The molecule has 0 aliphatic heterocycles. The quantitative estimate of drug-likeness (QED) is 0.906. The van der Waals surface area contributed by atoms with Crippen LogP contribution in [0.15, 0.2) is 21.3 Å². The number of hydrogen-bond donors (Lipinski definition) is 2. The number of phenols is 1. The van der Waals surface area contributed by atoms with E-state index >= 15 is 0 Å². The molecular weight excluding hydrogens is 270 g/mol. The maximum Gasteiger partial charge on any atom is 0.218 e. The topological polar surface area (TPSA) is 93.5 Å². The summed E-state index contributed by atoms with van der Waals surface area (Å²) in [5.41, 5.74) is 5.72. The molecule has 0 saturated carbocycles. The molecule has 3 N–H and O–H groups in total. The molecule has 1 aromatic carbocycles. The van der Waals surface area contributed by atoms with Gasteiger partial charge in [-0.2, -0.15) is 0 Å². The first-order chi connectivity index (χ1) is 9.65. The van der Waals surface area contributed by atoms with Crippen molar-refractivity contribution < 1.29 is 14.3 Å². The summed E-state index contributed by atoms with van der Waals surface area (Å²) in [6.45, 7) is 6.95. The smallest absolute Gasteiger partial charge is 0.218 e. The molecule has 0 atom stereocenters. The van der Waals surface area contributed by atoms with Gasteiger partial charge in [0.15, 0.2) is 5.43 Å². The van der Waals surface area contributed by atoms with Crippen molar-refractivity contribution in [2.75, 3.05) is 0 Å². The molecule has 0 unspecified atom stereocenters. The van der Waals surface area contributed by atoms with Crippen molar-refractivity contribution in [3.8, 4) is 5.75 Å². The van der Waals surface area contributed by atoms with E-state index in [-0.39, 0.29) is 17.6 Å². The number of carbonyl (C=O) groups is 1. The Balaban J connectivity index is 2.83. The zero-order chi connectivity index (χ0) is 15.9. The van der Waals surface area contributed by atoms with Crippen molar-refractivity contribution in [2.45, 2.75) is 39.5 Å². The Morgan fingerprint density at radius 1 is 1.29 bits per heavy atom. The number of aryl methyl sites for hydroxylation is 1. The highest BCUT2D eigenvalue weighted by Crippen LogP contribution is 2.33. The van der Waals surface area contributed by atoms with Crippen LogP contribution in [-0.4, -0.2) is 11.0 Å². The van der Waals surface area contributed by atoms with Gasteiger partial charge in [0.05, 0.1) is 5.39 Å². The maximum atomic E-state index is 12.5. The molecule has 1 amide bonds. The van der Waals surface area contributed by atoms with Crippen LogP contribution in [0.5, 0.6) is 5.75 Å². The molecule has 0 radical (unpaired) electrons. The Bertz CT molecular complexity index is 787. The van der Waals surface area contributed by atoms with Crippen LogP contribution in [0.25, 0.3) is 11.0 Å². The highest BCUT2D eigenvalue weighted by atomic mass is 16.3. The number of hydrogen-bond acceptors (Lipinski definition) is 4. The molecule has 0 saturated heterocycles. The first-order valence-corrected chi connectivity index (χ1v) is 6.70. The minimum Gasteiger partial charge on any atom is -0.508 e. The lowest BCUT2D eigenvalue weighted by molar-refractivity contribution is -0.119. The minimum absolute atomic E-state index is 0.0631. The van der Waals surface area contributed by atoms with Gasteiger partial charge >= 0.3 is 0 Å². The molecule has 5 nitrogen and oxygen atoms in total.